The van der Waals surface area contributed by atoms with Crippen molar-refractivity contribution in [3.8, 4) is 5.88 Å². The Balaban J connectivity index is 1.76. The summed E-state index contributed by atoms with van der Waals surface area (Å²) in [5.74, 6) is 0.977. The highest BCUT2D eigenvalue weighted by Gasteiger charge is 2.27. The normalized spacial score (nSPS) is 16.6. The molecule has 25 heavy (non-hydrogen) atoms. The number of aromatic nitrogens is 2. The van der Waals surface area contributed by atoms with Crippen LogP contribution in [0, 0.1) is 5.92 Å². The predicted molar refractivity (Wildman–Crippen MR) is 96.8 cm³/mol. The number of likely N-dealkylation sites (tertiary alicyclic amines) is 1. The van der Waals surface area contributed by atoms with Crippen molar-refractivity contribution in [2.45, 2.75) is 65.4 Å². The van der Waals surface area contributed by atoms with Gasteiger partial charge >= 0.3 is 6.09 Å². The van der Waals surface area contributed by atoms with Crippen molar-refractivity contribution in [3.63, 3.8) is 0 Å². The van der Waals surface area contributed by atoms with Crippen LogP contribution in [0.5, 0.6) is 5.88 Å². The van der Waals surface area contributed by atoms with E-state index in [1.54, 1.807) is 4.90 Å². The van der Waals surface area contributed by atoms with Gasteiger partial charge in [-0.05, 0) is 45.6 Å². The third kappa shape index (κ3) is 6.18. The second-order valence-electron chi connectivity index (χ2n) is 8.73. The monoisotopic (exact) mass is 349 g/mol. The second kappa shape index (κ2) is 7.58. The van der Waals surface area contributed by atoms with Gasteiger partial charge in [-0.3, -0.25) is 0 Å². The predicted octanol–water partition coefficient (Wildman–Crippen LogP) is 3.80. The molecule has 6 nitrogen and oxygen atoms in total. The molecule has 0 atom stereocenters. The quantitative estimate of drug-likeness (QED) is 0.830. The summed E-state index contributed by atoms with van der Waals surface area (Å²) in [4.78, 5) is 13.8. The van der Waals surface area contributed by atoms with Crippen LogP contribution >= 0.6 is 0 Å². The van der Waals surface area contributed by atoms with Gasteiger partial charge in [-0.15, -0.1) is 5.10 Å². The van der Waals surface area contributed by atoms with E-state index in [0.29, 0.717) is 31.5 Å². The third-order valence-corrected chi connectivity index (χ3v) is 4.14. The van der Waals surface area contributed by atoms with Gasteiger partial charge in [0.25, 0.3) is 0 Å². The number of hydrogen-bond acceptors (Lipinski definition) is 5. The highest BCUT2D eigenvalue weighted by Crippen LogP contribution is 2.22. The van der Waals surface area contributed by atoms with E-state index in [9.17, 15) is 4.79 Å². The average molecular weight is 349 g/mol. The molecule has 0 aliphatic carbocycles. The molecule has 0 unspecified atom stereocenters. The second-order valence-corrected chi connectivity index (χ2v) is 8.73. The highest BCUT2D eigenvalue weighted by molar-refractivity contribution is 5.68. The van der Waals surface area contributed by atoms with Gasteiger partial charge in [-0.25, -0.2) is 4.79 Å². The van der Waals surface area contributed by atoms with E-state index in [0.717, 1.165) is 18.5 Å². The molecule has 140 valence electrons. The maximum Gasteiger partial charge on any atom is 0.410 e. The lowest BCUT2D eigenvalue weighted by Crippen LogP contribution is -2.42. The molecule has 0 aromatic carbocycles. The number of nitrogens with zero attached hydrogens (tertiary/aromatic N) is 3. The van der Waals surface area contributed by atoms with Gasteiger partial charge in [-0.1, -0.05) is 20.8 Å². The number of piperidine rings is 1. The van der Waals surface area contributed by atoms with E-state index in [-0.39, 0.29) is 11.5 Å². The van der Waals surface area contributed by atoms with E-state index in [4.69, 9.17) is 9.47 Å². The first-order chi connectivity index (χ1) is 11.5. The van der Waals surface area contributed by atoms with Crippen LogP contribution in [0.25, 0.3) is 0 Å². The van der Waals surface area contributed by atoms with Crippen LogP contribution in [0.2, 0.25) is 0 Å². The average Bonchev–Trinajstić information content (AvgIpc) is 2.51. The number of hydrogen-bond donors (Lipinski definition) is 0. The molecule has 0 saturated carbocycles. The Morgan fingerprint density at radius 2 is 1.76 bits per heavy atom. The van der Waals surface area contributed by atoms with Crippen molar-refractivity contribution < 1.29 is 14.3 Å². The molecule has 1 aliphatic heterocycles. The molecular formula is C19H31N3O3. The molecule has 1 aliphatic rings. The van der Waals surface area contributed by atoms with Crippen LogP contribution < -0.4 is 4.74 Å². The van der Waals surface area contributed by atoms with Gasteiger partial charge in [0.05, 0.1) is 12.3 Å². The summed E-state index contributed by atoms with van der Waals surface area (Å²) in [7, 11) is 0. The number of ether oxygens (including phenoxy) is 2. The van der Waals surface area contributed by atoms with E-state index in [2.05, 4.69) is 31.0 Å². The largest absolute Gasteiger partial charge is 0.476 e. The fourth-order valence-electron chi connectivity index (χ4n) is 2.61. The van der Waals surface area contributed by atoms with E-state index in [1.165, 1.54) is 0 Å². The molecule has 1 fully saturated rings. The Morgan fingerprint density at radius 1 is 1.12 bits per heavy atom. The first kappa shape index (κ1) is 19.5. The van der Waals surface area contributed by atoms with Gasteiger partial charge in [0.15, 0.2) is 0 Å². The zero-order valence-corrected chi connectivity index (χ0v) is 16.3. The maximum atomic E-state index is 12.1. The van der Waals surface area contributed by atoms with E-state index < -0.39 is 5.60 Å². The minimum atomic E-state index is -0.449. The van der Waals surface area contributed by atoms with Crippen molar-refractivity contribution >= 4 is 6.09 Å². The lowest BCUT2D eigenvalue weighted by Gasteiger charge is -2.33. The van der Waals surface area contributed by atoms with Gasteiger partial charge in [-0.2, -0.15) is 5.10 Å². The van der Waals surface area contributed by atoms with Crippen LogP contribution in [-0.4, -0.2) is 46.5 Å². The van der Waals surface area contributed by atoms with Gasteiger partial charge < -0.3 is 14.4 Å². The molecule has 6 heteroatoms. The van der Waals surface area contributed by atoms with E-state index in [1.807, 2.05) is 32.9 Å². The molecule has 1 amide bonds. The van der Waals surface area contributed by atoms with Crippen LogP contribution in [-0.2, 0) is 10.2 Å². The number of amides is 1. The van der Waals surface area contributed by atoms with E-state index >= 15 is 0 Å². The zero-order chi connectivity index (χ0) is 18.7. The summed E-state index contributed by atoms with van der Waals surface area (Å²) in [5.41, 5.74) is 0.486. The molecule has 1 aromatic rings. The Hall–Kier alpha value is -1.85. The van der Waals surface area contributed by atoms with Crippen LogP contribution in [0.1, 0.15) is 60.1 Å². The molecule has 0 N–H and O–H groups in total. The summed E-state index contributed by atoms with van der Waals surface area (Å²) >= 11 is 0. The highest BCUT2D eigenvalue weighted by atomic mass is 16.6. The summed E-state index contributed by atoms with van der Waals surface area (Å²) < 4.78 is 11.2. The molecule has 0 radical (unpaired) electrons. The Bertz CT molecular complexity index is 565. The number of rotatable bonds is 3. The lowest BCUT2D eigenvalue weighted by atomic mass is 9.92. The maximum absolute atomic E-state index is 12.1. The minimum absolute atomic E-state index is 0.0139. The molecule has 2 heterocycles. The van der Waals surface area contributed by atoms with Gasteiger partial charge in [0.2, 0.25) is 5.88 Å². The summed E-state index contributed by atoms with van der Waals surface area (Å²) in [6.45, 7) is 14.0. The summed E-state index contributed by atoms with van der Waals surface area (Å²) in [6.07, 6.45) is 1.59. The molecular weight excluding hydrogens is 318 g/mol. The molecule has 2 rings (SSSR count). The van der Waals surface area contributed by atoms with Crippen LogP contribution in [0.3, 0.4) is 0 Å². The van der Waals surface area contributed by atoms with Crippen LogP contribution in [0.15, 0.2) is 12.1 Å². The molecule has 1 aromatic heterocycles. The van der Waals surface area contributed by atoms with Crippen LogP contribution in [0.4, 0.5) is 4.79 Å². The zero-order valence-electron chi connectivity index (χ0n) is 16.3. The Labute approximate surface area is 150 Å². The standard InChI is InChI=1S/C19H31N3O3/c1-18(2,3)15-7-8-16(21-20-15)24-13-14-9-11-22(12-10-14)17(23)25-19(4,5)6/h7-8,14H,9-13H2,1-6H3. The molecule has 0 spiro atoms. The molecule has 0 bridgehead atoms. The summed E-state index contributed by atoms with van der Waals surface area (Å²) in [5, 5.41) is 8.39. The Morgan fingerprint density at radius 3 is 2.24 bits per heavy atom. The van der Waals surface area contributed by atoms with Crippen molar-refractivity contribution in [1.82, 2.24) is 15.1 Å². The third-order valence-electron chi connectivity index (χ3n) is 4.14. The smallest absolute Gasteiger partial charge is 0.410 e. The van der Waals surface area contributed by atoms with Crippen molar-refractivity contribution in [3.05, 3.63) is 17.8 Å². The lowest BCUT2D eigenvalue weighted by molar-refractivity contribution is 0.0164. The SMILES string of the molecule is CC(C)(C)OC(=O)N1CCC(COc2ccc(C(C)(C)C)nn2)CC1. The molecule has 1 saturated heterocycles. The first-order valence-electron chi connectivity index (χ1n) is 8.99. The van der Waals surface area contributed by atoms with Crippen molar-refractivity contribution in [1.29, 1.82) is 0 Å². The van der Waals surface area contributed by atoms with Gasteiger partial charge in [0.1, 0.15) is 5.60 Å². The number of carbonyl (C=O) groups excluding carboxylic acids is 1. The topological polar surface area (TPSA) is 64.5 Å². The van der Waals surface area contributed by atoms with Crippen molar-refractivity contribution in [2.75, 3.05) is 19.7 Å². The fraction of sp³-hybridized carbons (Fsp3) is 0.737. The van der Waals surface area contributed by atoms with Crippen molar-refractivity contribution in [2.24, 2.45) is 5.92 Å². The number of carbonyl (C=O) groups is 1. The van der Waals surface area contributed by atoms with Gasteiger partial charge in [0, 0.05) is 24.6 Å². The summed E-state index contributed by atoms with van der Waals surface area (Å²) in [6, 6.07) is 3.84. The Kier molecular flexibility index (Phi) is 5.91. The minimum Gasteiger partial charge on any atom is -0.476 e. The fourth-order valence-corrected chi connectivity index (χ4v) is 2.61. The first-order valence-corrected chi connectivity index (χ1v) is 8.99.